The number of nitrogens with zero attached hydrogens (tertiary/aromatic N) is 2. The van der Waals surface area contributed by atoms with Gasteiger partial charge in [-0.25, -0.2) is 8.78 Å². The molecule has 0 aliphatic carbocycles. The van der Waals surface area contributed by atoms with Crippen LogP contribution in [0, 0.1) is 0 Å². The highest BCUT2D eigenvalue weighted by Crippen LogP contribution is 2.34. The Balaban J connectivity index is 2.11. The van der Waals surface area contributed by atoms with Gasteiger partial charge in [-0.15, -0.1) is 0 Å². The molecule has 0 radical (unpaired) electrons. The lowest BCUT2D eigenvalue weighted by Crippen LogP contribution is -2.46. The maximum atomic E-state index is 13.8. The Morgan fingerprint density at radius 2 is 1.91 bits per heavy atom. The molecule has 6 heteroatoms. The van der Waals surface area contributed by atoms with E-state index in [1.807, 2.05) is 18.2 Å². The molecule has 118 valence electrons. The molecule has 1 saturated heterocycles. The normalized spacial score (nSPS) is 18.0. The average Bonchev–Trinajstić information content (AvgIpc) is 2.88. The number of carbonyl (C=O) groups excluding carboxylic acids is 1. The first kappa shape index (κ1) is 15.1. The lowest BCUT2D eigenvalue weighted by molar-refractivity contribution is 0.0188. The average molecular weight is 307 g/mol. The number of alkyl halides is 2. The summed E-state index contributed by atoms with van der Waals surface area (Å²) in [5.74, 6) is -0.171. The summed E-state index contributed by atoms with van der Waals surface area (Å²) in [5, 5.41) is 3.90. The van der Waals surface area contributed by atoms with Gasteiger partial charge in [-0.2, -0.15) is 0 Å². The molecule has 1 N–H and O–H groups in total. The second-order valence-corrected chi connectivity index (χ2v) is 5.56. The lowest BCUT2D eigenvalue weighted by atomic mass is 10.0. The van der Waals surface area contributed by atoms with Crippen LogP contribution in [0.1, 0.15) is 23.3 Å². The zero-order valence-corrected chi connectivity index (χ0v) is 12.4. The van der Waals surface area contributed by atoms with Crippen molar-refractivity contribution in [2.75, 3.05) is 26.2 Å². The lowest BCUT2D eigenvalue weighted by Gasteiger charge is -2.34. The summed E-state index contributed by atoms with van der Waals surface area (Å²) in [6.45, 7) is 4.00. The molecule has 4 nitrogen and oxygen atoms in total. The third-order valence-corrected chi connectivity index (χ3v) is 4.18. The molecular weight excluding hydrogens is 288 g/mol. The number of nitrogens with one attached hydrogen (secondary N) is 1. The number of carbonyl (C=O) groups is 1. The van der Waals surface area contributed by atoms with Gasteiger partial charge in [0.05, 0.1) is 11.6 Å². The van der Waals surface area contributed by atoms with Crippen LogP contribution in [-0.2, 0) is 0 Å². The number of piperazine rings is 1. The molecule has 1 aliphatic rings. The van der Waals surface area contributed by atoms with E-state index in [0.29, 0.717) is 37.3 Å². The van der Waals surface area contributed by atoms with Crippen molar-refractivity contribution < 1.29 is 13.6 Å². The van der Waals surface area contributed by atoms with E-state index in [4.69, 9.17) is 0 Å². The van der Waals surface area contributed by atoms with Crippen molar-refractivity contribution in [3.05, 3.63) is 36.0 Å². The van der Waals surface area contributed by atoms with Gasteiger partial charge in [0, 0.05) is 50.2 Å². The van der Waals surface area contributed by atoms with Crippen LogP contribution >= 0.6 is 0 Å². The van der Waals surface area contributed by atoms with Crippen molar-refractivity contribution in [1.29, 1.82) is 0 Å². The van der Waals surface area contributed by atoms with E-state index < -0.39 is 12.5 Å². The van der Waals surface area contributed by atoms with Crippen LogP contribution in [0.5, 0.6) is 0 Å². The van der Waals surface area contributed by atoms with Crippen LogP contribution in [0.3, 0.4) is 0 Å². The van der Waals surface area contributed by atoms with Gasteiger partial charge in [0.15, 0.2) is 0 Å². The van der Waals surface area contributed by atoms with Gasteiger partial charge in [-0.05, 0) is 6.07 Å². The number of hydrogen-bond donors (Lipinski definition) is 1. The van der Waals surface area contributed by atoms with E-state index in [0.717, 1.165) is 5.39 Å². The van der Waals surface area contributed by atoms with E-state index in [1.165, 1.54) is 11.5 Å². The van der Waals surface area contributed by atoms with Crippen molar-refractivity contribution >= 4 is 16.8 Å². The van der Waals surface area contributed by atoms with Crippen molar-refractivity contribution in [1.82, 2.24) is 14.8 Å². The minimum Gasteiger partial charge on any atom is -0.314 e. The maximum Gasteiger partial charge on any atom is 0.258 e. The smallest absolute Gasteiger partial charge is 0.258 e. The highest BCUT2D eigenvalue weighted by atomic mass is 19.3. The quantitative estimate of drug-likeness (QED) is 0.947. The number of hydrogen-bond acceptors (Lipinski definition) is 3. The standard InChI is InChI=1S/C16H19F2N3O/c1-11(22)21-10-13(12-4-2-3-5-14(12)21)15(16(17)18)20-8-6-19-7-9-20/h2-5,10,15-16,19H,6-9H2,1H3/t15-/m0/s1. The fraction of sp³-hybridized carbons (Fsp3) is 0.438. The molecule has 0 bridgehead atoms. The molecule has 2 aromatic rings. The molecule has 1 fully saturated rings. The van der Waals surface area contributed by atoms with Crippen molar-refractivity contribution in [2.45, 2.75) is 19.4 Å². The molecule has 0 unspecified atom stereocenters. The monoisotopic (exact) mass is 307 g/mol. The molecule has 1 atom stereocenters. The molecule has 0 saturated carbocycles. The second-order valence-electron chi connectivity index (χ2n) is 5.56. The highest BCUT2D eigenvalue weighted by Gasteiger charge is 2.32. The fourth-order valence-electron chi connectivity index (χ4n) is 3.15. The maximum absolute atomic E-state index is 13.8. The zero-order valence-electron chi connectivity index (χ0n) is 12.4. The minimum atomic E-state index is -2.50. The Kier molecular flexibility index (Phi) is 4.22. The van der Waals surface area contributed by atoms with Gasteiger partial charge in [0.2, 0.25) is 5.91 Å². The molecule has 2 heterocycles. The highest BCUT2D eigenvalue weighted by molar-refractivity contribution is 5.93. The molecule has 1 aromatic carbocycles. The van der Waals surface area contributed by atoms with Gasteiger partial charge < -0.3 is 5.32 Å². The Labute approximate surface area is 127 Å². The van der Waals surface area contributed by atoms with Crippen molar-refractivity contribution in [3.63, 3.8) is 0 Å². The summed E-state index contributed by atoms with van der Waals surface area (Å²) in [5.41, 5.74) is 1.22. The Hall–Kier alpha value is -1.79. The van der Waals surface area contributed by atoms with Crippen molar-refractivity contribution in [3.8, 4) is 0 Å². The summed E-state index contributed by atoms with van der Waals surface area (Å²) in [6.07, 6.45) is -0.921. The predicted molar refractivity (Wildman–Crippen MR) is 81.4 cm³/mol. The van der Waals surface area contributed by atoms with Crippen LogP contribution in [0.4, 0.5) is 8.78 Å². The zero-order chi connectivity index (χ0) is 15.7. The van der Waals surface area contributed by atoms with Gasteiger partial charge in [0.25, 0.3) is 6.43 Å². The first-order valence-electron chi connectivity index (χ1n) is 7.43. The number of aromatic nitrogens is 1. The summed E-state index contributed by atoms with van der Waals surface area (Å²) < 4.78 is 29.0. The van der Waals surface area contributed by atoms with Crippen LogP contribution in [0.15, 0.2) is 30.5 Å². The Morgan fingerprint density at radius 1 is 1.23 bits per heavy atom. The van der Waals surface area contributed by atoms with E-state index in [2.05, 4.69) is 5.32 Å². The topological polar surface area (TPSA) is 37.3 Å². The first-order valence-corrected chi connectivity index (χ1v) is 7.43. The van der Waals surface area contributed by atoms with E-state index >= 15 is 0 Å². The SMILES string of the molecule is CC(=O)n1cc([C@@H](C(F)F)N2CCNCC2)c2ccccc21. The van der Waals surface area contributed by atoms with Gasteiger partial charge in [0.1, 0.15) is 0 Å². The van der Waals surface area contributed by atoms with E-state index in [9.17, 15) is 13.6 Å². The molecule has 1 aromatic heterocycles. The van der Waals surface area contributed by atoms with Crippen LogP contribution in [0.25, 0.3) is 10.9 Å². The fourth-order valence-corrected chi connectivity index (χ4v) is 3.15. The first-order chi connectivity index (χ1) is 10.6. The van der Waals surface area contributed by atoms with Crippen molar-refractivity contribution in [2.24, 2.45) is 0 Å². The van der Waals surface area contributed by atoms with Crippen LogP contribution in [0.2, 0.25) is 0 Å². The molecule has 1 aliphatic heterocycles. The van der Waals surface area contributed by atoms with Gasteiger partial charge in [-0.3, -0.25) is 14.3 Å². The third kappa shape index (κ3) is 2.64. The van der Waals surface area contributed by atoms with Gasteiger partial charge in [-0.1, -0.05) is 18.2 Å². The summed E-state index contributed by atoms with van der Waals surface area (Å²) >= 11 is 0. The summed E-state index contributed by atoms with van der Waals surface area (Å²) in [7, 11) is 0. The number of benzene rings is 1. The van der Waals surface area contributed by atoms with E-state index in [1.54, 1.807) is 17.2 Å². The summed E-state index contributed by atoms with van der Waals surface area (Å²) in [4.78, 5) is 13.6. The number of fused-ring (bicyclic) bond motifs is 1. The minimum absolute atomic E-state index is 0.171. The Morgan fingerprint density at radius 3 is 2.55 bits per heavy atom. The summed E-state index contributed by atoms with van der Waals surface area (Å²) in [6, 6.07) is 6.25. The third-order valence-electron chi connectivity index (χ3n) is 4.18. The molecule has 0 amide bonds. The Bertz CT molecular complexity index is 677. The molecule has 3 rings (SSSR count). The van der Waals surface area contributed by atoms with Crippen LogP contribution in [-0.4, -0.2) is 48.0 Å². The number of para-hydroxylation sites is 1. The molecular formula is C16H19F2N3O. The van der Waals surface area contributed by atoms with Crippen LogP contribution < -0.4 is 5.32 Å². The number of rotatable bonds is 3. The molecule has 0 spiro atoms. The molecule has 22 heavy (non-hydrogen) atoms. The number of halogens is 2. The van der Waals surface area contributed by atoms with Gasteiger partial charge >= 0.3 is 0 Å². The second kappa shape index (κ2) is 6.14. The predicted octanol–water partition coefficient (Wildman–Crippen LogP) is 2.51. The largest absolute Gasteiger partial charge is 0.314 e. The van der Waals surface area contributed by atoms with E-state index in [-0.39, 0.29) is 5.91 Å².